The van der Waals surface area contributed by atoms with Crippen LogP contribution in [0.1, 0.15) is 27.0 Å². The molecule has 3 aromatic carbocycles. The van der Waals surface area contributed by atoms with Gasteiger partial charge in [0.2, 0.25) is 0 Å². The number of fused-ring (bicyclic) bond motifs is 1. The van der Waals surface area contributed by atoms with E-state index in [4.69, 9.17) is 9.52 Å². The molecule has 0 fully saturated rings. The highest BCUT2D eigenvalue weighted by Crippen LogP contribution is 2.28. The number of hydrogen-bond donors (Lipinski definition) is 1. The third kappa shape index (κ3) is 7.37. The molecule has 0 atom stereocenters. The van der Waals surface area contributed by atoms with Crippen molar-refractivity contribution in [2.45, 2.75) is 13.1 Å². The summed E-state index contributed by atoms with van der Waals surface area (Å²) in [5.41, 5.74) is 7.31. The van der Waals surface area contributed by atoms with Gasteiger partial charge in [0.1, 0.15) is 17.3 Å². The van der Waals surface area contributed by atoms with Crippen molar-refractivity contribution < 1.29 is 28.6 Å². The maximum atomic E-state index is 12.6. The maximum absolute atomic E-state index is 12.6. The van der Waals surface area contributed by atoms with Crippen LogP contribution in [0, 0.1) is 0 Å². The summed E-state index contributed by atoms with van der Waals surface area (Å²) in [4.78, 5) is 24.4. The predicted octanol–water partition coefficient (Wildman–Crippen LogP) is 6.79. The SMILES string of the molecule is O=C(C=Cc1ccc([OH2+])cc1O)c1ccc(C[n+]2ccc(-c3cc[n+](Cc4ccc(-c5ccc6ccc(=O)cc-6o5)cc4)cc3)cc2)cc1. The first-order valence-electron chi connectivity index (χ1n) is 15.8. The first-order valence-corrected chi connectivity index (χ1v) is 15.8. The van der Waals surface area contributed by atoms with Gasteiger partial charge in [-0.1, -0.05) is 48.5 Å². The zero-order valence-electron chi connectivity index (χ0n) is 26.5. The number of aromatic hydroxyl groups is 1. The van der Waals surface area contributed by atoms with Gasteiger partial charge < -0.3 is 14.6 Å². The molecule has 7 nitrogen and oxygen atoms in total. The van der Waals surface area contributed by atoms with Gasteiger partial charge in [0.05, 0.1) is 6.07 Å². The van der Waals surface area contributed by atoms with Gasteiger partial charge in [0.15, 0.2) is 49.1 Å². The summed E-state index contributed by atoms with van der Waals surface area (Å²) >= 11 is 0. The van der Waals surface area contributed by atoms with Crippen molar-refractivity contribution in [1.29, 1.82) is 0 Å². The van der Waals surface area contributed by atoms with Gasteiger partial charge >= 0.3 is 0 Å². The van der Waals surface area contributed by atoms with E-state index in [0.29, 0.717) is 23.4 Å². The molecular formula is C42H33N2O5+3. The molecular weight excluding hydrogens is 612 g/mol. The fraction of sp³-hybridized carbons (Fsp3) is 0.0476. The van der Waals surface area contributed by atoms with Crippen LogP contribution in [0.25, 0.3) is 39.9 Å². The third-order valence-electron chi connectivity index (χ3n) is 8.39. The monoisotopic (exact) mass is 645 g/mol. The molecule has 0 spiro atoms. The summed E-state index contributed by atoms with van der Waals surface area (Å²) in [7, 11) is 0. The highest BCUT2D eigenvalue weighted by Gasteiger charge is 2.11. The number of ketones is 1. The lowest BCUT2D eigenvalue weighted by Crippen LogP contribution is -2.33. The Morgan fingerprint density at radius 3 is 1.80 bits per heavy atom. The summed E-state index contributed by atoms with van der Waals surface area (Å²) in [6.07, 6.45) is 11.3. The van der Waals surface area contributed by atoms with Crippen LogP contribution in [-0.2, 0) is 13.1 Å². The molecule has 5 aromatic rings. The van der Waals surface area contributed by atoms with Crippen LogP contribution in [0.3, 0.4) is 0 Å². The number of phenolic OH excluding ortho intramolecular Hbond substituents is 1. The van der Waals surface area contributed by atoms with Crippen LogP contribution < -0.4 is 14.6 Å². The van der Waals surface area contributed by atoms with Crippen LogP contribution in [-0.4, -0.2) is 16.0 Å². The minimum atomic E-state index is -0.158. The molecule has 0 saturated heterocycles. The first-order chi connectivity index (χ1) is 23.9. The average Bonchev–Trinajstić information content (AvgIpc) is 3.12. The van der Waals surface area contributed by atoms with Gasteiger partial charge in [0.25, 0.3) is 5.75 Å². The van der Waals surface area contributed by atoms with Crippen molar-refractivity contribution in [2.24, 2.45) is 0 Å². The second kappa shape index (κ2) is 13.6. The van der Waals surface area contributed by atoms with Gasteiger partial charge in [0, 0.05) is 69.8 Å². The van der Waals surface area contributed by atoms with Crippen molar-refractivity contribution >= 4 is 11.9 Å². The highest BCUT2D eigenvalue weighted by molar-refractivity contribution is 6.07. The standard InChI is InChI=1S/C42H30N2O5/c45-37-13-9-34(40(48)25-37)11-15-39(47)33-5-1-29(2-6-33)27-43-21-17-31(18-22-43)32-19-23-44(24-20-32)28-30-3-7-35(8-4-30)41-16-12-36-10-14-38(46)26-42(36)49-41/h1-26H,27-28H2/p+3. The van der Waals surface area contributed by atoms with E-state index in [1.165, 1.54) is 18.2 Å². The van der Waals surface area contributed by atoms with Gasteiger partial charge in [-0.25, -0.2) is 9.13 Å². The second-order valence-corrected chi connectivity index (χ2v) is 11.9. The van der Waals surface area contributed by atoms with Crippen LogP contribution >= 0.6 is 0 Å². The van der Waals surface area contributed by atoms with E-state index in [2.05, 4.69) is 70.3 Å². The van der Waals surface area contributed by atoms with Crippen LogP contribution in [0.15, 0.2) is 161 Å². The van der Waals surface area contributed by atoms with Crippen LogP contribution in [0.4, 0.5) is 0 Å². The molecule has 7 heteroatoms. The molecule has 0 unspecified atom stereocenters. The Bertz CT molecular complexity index is 2310. The molecule has 1 aliphatic heterocycles. The molecule has 2 aromatic heterocycles. The molecule has 2 aliphatic rings. The number of allylic oxidation sites excluding steroid dienone is 1. The minimum Gasteiger partial charge on any atom is -0.593 e. The summed E-state index contributed by atoms with van der Waals surface area (Å²) in [5.74, 6) is 1.33. The van der Waals surface area contributed by atoms with E-state index in [0.717, 1.165) is 45.7 Å². The largest absolute Gasteiger partial charge is 0.593 e. The van der Waals surface area contributed by atoms with Crippen molar-refractivity contribution in [1.82, 2.24) is 0 Å². The topological polar surface area (TPSA) is 98.2 Å². The Balaban J connectivity index is 0.944. The second-order valence-electron chi connectivity index (χ2n) is 11.9. The van der Waals surface area contributed by atoms with Crippen molar-refractivity contribution in [2.75, 3.05) is 0 Å². The molecule has 0 bridgehead atoms. The molecule has 0 amide bonds. The van der Waals surface area contributed by atoms with E-state index in [1.54, 1.807) is 30.3 Å². The molecule has 1 aliphatic carbocycles. The number of hydrogen-bond acceptors (Lipinski definition) is 4. The molecule has 0 saturated carbocycles. The zero-order chi connectivity index (χ0) is 33.7. The fourth-order valence-corrected chi connectivity index (χ4v) is 5.64. The van der Waals surface area contributed by atoms with E-state index < -0.39 is 0 Å². The molecule has 238 valence electrons. The van der Waals surface area contributed by atoms with Crippen LogP contribution in [0.5, 0.6) is 11.5 Å². The number of carbonyl (C=O) groups is 1. The van der Waals surface area contributed by atoms with Crippen molar-refractivity contribution in [3.05, 3.63) is 185 Å². The molecule has 0 radical (unpaired) electrons. The number of nitrogens with zero attached hydrogens (tertiary/aromatic N) is 2. The lowest BCUT2D eigenvalue weighted by molar-refractivity contribution is -0.688. The lowest BCUT2D eigenvalue weighted by Gasteiger charge is -2.08. The van der Waals surface area contributed by atoms with Crippen molar-refractivity contribution in [3.8, 4) is 45.3 Å². The predicted molar refractivity (Wildman–Crippen MR) is 188 cm³/mol. The lowest BCUT2D eigenvalue weighted by atomic mass is 10.1. The maximum Gasteiger partial charge on any atom is 0.257 e. The van der Waals surface area contributed by atoms with Gasteiger partial charge in [-0.2, -0.15) is 0 Å². The number of aromatic nitrogens is 2. The summed E-state index contributed by atoms with van der Waals surface area (Å²) in [6.45, 7) is 1.40. The minimum absolute atomic E-state index is 0.0259. The van der Waals surface area contributed by atoms with Crippen LogP contribution in [0.2, 0.25) is 0 Å². The van der Waals surface area contributed by atoms with Gasteiger partial charge in [-0.15, -0.1) is 0 Å². The van der Waals surface area contributed by atoms with Gasteiger partial charge in [-0.05, 0) is 53.6 Å². The summed E-state index contributed by atoms with van der Waals surface area (Å²) < 4.78 is 10.2. The normalized spacial score (nSPS) is 11.3. The van der Waals surface area contributed by atoms with E-state index in [-0.39, 0.29) is 22.7 Å². The third-order valence-corrected chi connectivity index (χ3v) is 8.39. The number of benzene rings is 4. The molecule has 49 heavy (non-hydrogen) atoms. The Labute approximate surface area is 282 Å². The smallest absolute Gasteiger partial charge is 0.257 e. The van der Waals surface area contributed by atoms with Crippen molar-refractivity contribution in [3.63, 3.8) is 0 Å². The highest BCUT2D eigenvalue weighted by atomic mass is 16.3. The Kier molecular flexibility index (Phi) is 8.63. The number of phenols is 1. The first kappa shape index (κ1) is 31.0. The Hall–Kier alpha value is -6.60. The Morgan fingerprint density at radius 1 is 0.633 bits per heavy atom. The van der Waals surface area contributed by atoms with E-state index in [9.17, 15) is 14.7 Å². The number of rotatable bonds is 9. The molecule has 3 heterocycles. The molecule has 7 rings (SSSR count). The van der Waals surface area contributed by atoms with E-state index >= 15 is 0 Å². The van der Waals surface area contributed by atoms with Gasteiger partial charge in [-0.3, -0.25) is 9.59 Å². The average molecular weight is 646 g/mol. The zero-order valence-corrected chi connectivity index (χ0v) is 26.5. The number of carbonyl (C=O) groups excluding carboxylic acids is 1. The quantitative estimate of drug-likeness (QED) is 0.0809. The Morgan fingerprint density at radius 2 is 1.18 bits per heavy atom. The van der Waals surface area contributed by atoms with E-state index in [1.807, 2.05) is 48.5 Å². The fourth-order valence-electron chi connectivity index (χ4n) is 5.64. The molecule has 3 N–H and O–H groups in total. The summed E-state index contributed by atoms with van der Waals surface area (Å²) in [6, 6.07) is 37.4. The summed E-state index contributed by atoms with van der Waals surface area (Å²) in [5, 5.41) is 17.5. The number of pyridine rings is 2.